The highest BCUT2D eigenvalue weighted by atomic mass is 19.1. The molecule has 152 valence electrons. The van der Waals surface area contributed by atoms with E-state index in [1.165, 1.54) is 24.3 Å². The van der Waals surface area contributed by atoms with Gasteiger partial charge in [-0.25, -0.2) is 9.18 Å². The van der Waals surface area contributed by atoms with Gasteiger partial charge in [0.1, 0.15) is 17.7 Å². The number of halogens is 1. The number of aromatic nitrogens is 4. The molecule has 3 N–H and O–H groups in total. The number of carbonyl (C=O) groups is 1. The van der Waals surface area contributed by atoms with Crippen LogP contribution in [0.1, 0.15) is 52.0 Å². The summed E-state index contributed by atoms with van der Waals surface area (Å²) in [5.74, 6) is -0.316. The normalized spacial score (nSPS) is 12.1. The van der Waals surface area contributed by atoms with Crippen molar-refractivity contribution in [1.82, 2.24) is 25.1 Å². The van der Waals surface area contributed by atoms with Gasteiger partial charge in [-0.2, -0.15) is 0 Å². The van der Waals surface area contributed by atoms with Gasteiger partial charge in [-0.15, -0.1) is 10.2 Å². The Kier molecular flexibility index (Phi) is 6.30. The standard InChI is InChI=1S/C20H22FN5O3/c1-12-7-15(20(28)29)8-17(23-12)9-22-10-18-24-25-19(13(2)27)26(18)11-14-3-5-16(21)6-4-14/h3-8,13,22,27H,9-11H2,1-2H3,(H,28,29). The number of hydrogen-bond donors (Lipinski definition) is 3. The molecule has 2 heterocycles. The van der Waals surface area contributed by atoms with Crippen molar-refractivity contribution in [3.63, 3.8) is 0 Å². The van der Waals surface area contributed by atoms with Gasteiger partial charge in [0.2, 0.25) is 0 Å². The first kappa shape index (κ1) is 20.6. The molecule has 0 aliphatic carbocycles. The third-order valence-electron chi connectivity index (χ3n) is 4.33. The monoisotopic (exact) mass is 399 g/mol. The molecule has 0 bridgehead atoms. The number of aliphatic hydroxyl groups excluding tert-OH is 1. The lowest BCUT2D eigenvalue weighted by Gasteiger charge is -2.13. The van der Waals surface area contributed by atoms with Crippen LogP contribution in [0.2, 0.25) is 0 Å². The molecule has 8 nitrogen and oxygen atoms in total. The molecule has 1 aromatic carbocycles. The minimum Gasteiger partial charge on any atom is -0.478 e. The molecule has 0 saturated carbocycles. The zero-order valence-electron chi connectivity index (χ0n) is 16.1. The van der Waals surface area contributed by atoms with Crippen molar-refractivity contribution >= 4 is 5.97 Å². The van der Waals surface area contributed by atoms with Crippen LogP contribution in [0.15, 0.2) is 36.4 Å². The highest BCUT2D eigenvalue weighted by Crippen LogP contribution is 2.15. The Morgan fingerprint density at radius 1 is 1.21 bits per heavy atom. The maximum Gasteiger partial charge on any atom is 0.335 e. The SMILES string of the molecule is Cc1cc(C(=O)O)cc(CNCc2nnc(C(C)O)n2Cc2ccc(F)cc2)n1. The van der Waals surface area contributed by atoms with E-state index in [1.54, 1.807) is 30.5 Å². The zero-order chi connectivity index (χ0) is 21.0. The van der Waals surface area contributed by atoms with Crippen LogP contribution in [0.3, 0.4) is 0 Å². The first-order chi connectivity index (χ1) is 13.8. The molecule has 0 radical (unpaired) electrons. The van der Waals surface area contributed by atoms with Crippen molar-refractivity contribution in [1.29, 1.82) is 0 Å². The average molecular weight is 399 g/mol. The summed E-state index contributed by atoms with van der Waals surface area (Å²) in [5.41, 5.74) is 2.26. The number of aryl methyl sites for hydroxylation is 1. The van der Waals surface area contributed by atoms with Crippen molar-refractivity contribution in [3.05, 3.63) is 76.4 Å². The summed E-state index contributed by atoms with van der Waals surface area (Å²) >= 11 is 0. The summed E-state index contributed by atoms with van der Waals surface area (Å²) in [6, 6.07) is 9.13. The summed E-state index contributed by atoms with van der Waals surface area (Å²) < 4.78 is 14.9. The molecule has 3 rings (SSSR count). The first-order valence-corrected chi connectivity index (χ1v) is 9.09. The summed E-state index contributed by atoms with van der Waals surface area (Å²) in [4.78, 5) is 15.5. The van der Waals surface area contributed by atoms with E-state index in [4.69, 9.17) is 5.11 Å². The number of hydrogen-bond acceptors (Lipinski definition) is 6. The van der Waals surface area contributed by atoms with Gasteiger partial charge in [-0.3, -0.25) is 4.98 Å². The first-order valence-electron chi connectivity index (χ1n) is 9.09. The van der Waals surface area contributed by atoms with Crippen molar-refractivity contribution in [3.8, 4) is 0 Å². The third kappa shape index (κ3) is 5.21. The number of benzene rings is 1. The average Bonchev–Trinajstić information content (AvgIpc) is 3.06. The molecule has 0 aliphatic heterocycles. The van der Waals surface area contributed by atoms with E-state index in [-0.39, 0.29) is 11.4 Å². The molecule has 0 amide bonds. The predicted octanol–water partition coefficient (Wildman–Crippen LogP) is 2.21. The van der Waals surface area contributed by atoms with Crippen molar-refractivity contribution < 1.29 is 19.4 Å². The number of rotatable bonds is 8. The van der Waals surface area contributed by atoms with E-state index in [9.17, 15) is 14.3 Å². The molecule has 9 heteroatoms. The van der Waals surface area contributed by atoms with Gasteiger partial charge in [-0.1, -0.05) is 12.1 Å². The fourth-order valence-corrected chi connectivity index (χ4v) is 2.99. The predicted molar refractivity (Wildman–Crippen MR) is 103 cm³/mol. The second-order valence-electron chi connectivity index (χ2n) is 6.76. The number of pyridine rings is 1. The number of aliphatic hydroxyl groups is 1. The smallest absolute Gasteiger partial charge is 0.335 e. The lowest BCUT2D eigenvalue weighted by molar-refractivity contribution is 0.0696. The fraction of sp³-hybridized carbons (Fsp3) is 0.300. The quantitative estimate of drug-likeness (QED) is 0.532. The van der Waals surface area contributed by atoms with Crippen LogP contribution in [-0.4, -0.2) is 35.9 Å². The molecule has 1 unspecified atom stereocenters. The highest BCUT2D eigenvalue weighted by Gasteiger charge is 2.16. The van der Waals surface area contributed by atoms with E-state index in [1.807, 2.05) is 0 Å². The minimum atomic E-state index is -1.00. The van der Waals surface area contributed by atoms with Gasteiger partial charge in [-0.05, 0) is 43.7 Å². The Morgan fingerprint density at radius 3 is 2.59 bits per heavy atom. The summed E-state index contributed by atoms with van der Waals surface area (Å²) in [6.45, 7) is 4.40. The van der Waals surface area contributed by atoms with Gasteiger partial charge in [0.25, 0.3) is 0 Å². The number of nitrogens with one attached hydrogen (secondary N) is 1. The number of carboxylic acids is 1. The topological polar surface area (TPSA) is 113 Å². The molecule has 1 atom stereocenters. The van der Waals surface area contributed by atoms with Gasteiger partial charge >= 0.3 is 5.97 Å². The highest BCUT2D eigenvalue weighted by molar-refractivity contribution is 5.87. The van der Waals surface area contributed by atoms with E-state index in [0.717, 1.165) is 5.56 Å². The zero-order valence-corrected chi connectivity index (χ0v) is 16.1. The van der Waals surface area contributed by atoms with Crippen molar-refractivity contribution in [2.45, 2.75) is 39.6 Å². The van der Waals surface area contributed by atoms with E-state index in [2.05, 4.69) is 20.5 Å². The van der Waals surface area contributed by atoms with Gasteiger partial charge in [0.05, 0.1) is 24.3 Å². The van der Waals surface area contributed by atoms with E-state index < -0.39 is 12.1 Å². The van der Waals surface area contributed by atoms with Gasteiger partial charge < -0.3 is 20.1 Å². The number of carboxylic acid groups (broad SMARTS) is 1. The van der Waals surface area contributed by atoms with Crippen LogP contribution in [-0.2, 0) is 19.6 Å². The van der Waals surface area contributed by atoms with Crippen LogP contribution >= 0.6 is 0 Å². The van der Waals surface area contributed by atoms with Crippen LogP contribution < -0.4 is 5.32 Å². The molecule has 2 aromatic heterocycles. The lowest BCUT2D eigenvalue weighted by atomic mass is 10.2. The molecule has 0 fully saturated rings. The van der Waals surface area contributed by atoms with Crippen LogP contribution in [0.4, 0.5) is 4.39 Å². The van der Waals surface area contributed by atoms with Crippen molar-refractivity contribution in [2.75, 3.05) is 0 Å². The lowest BCUT2D eigenvalue weighted by Crippen LogP contribution is -2.19. The fourth-order valence-electron chi connectivity index (χ4n) is 2.99. The number of nitrogens with zero attached hydrogens (tertiary/aromatic N) is 4. The number of aromatic carboxylic acids is 1. The van der Waals surface area contributed by atoms with Crippen molar-refractivity contribution in [2.24, 2.45) is 0 Å². The van der Waals surface area contributed by atoms with Crippen LogP contribution in [0.25, 0.3) is 0 Å². The Bertz CT molecular complexity index is 1000. The molecule has 0 aliphatic rings. The van der Waals surface area contributed by atoms with Gasteiger partial charge in [0, 0.05) is 12.2 Å². The Balaban J connectivity index is 1.74. The van der Waals surface area contributed by atoms with Crippen LogP contribution in [0.5, 0.6) is 0 Å². The summed E-state index contributed by atoms with van der Waals surface area (Å²) in [6.07, 6.45) is -0.812. The Labute approximate surface area is 167 Å². The third-order valence-corrected chi connectivity index (χ3v) is 4.33. The van der Waals surface area contributed by atoms with Gasteiger partial charge in [0.15, 0.2) is 5.82 Å². The van der Waals surface area contributed by atoms with E-state index >= 15 is 0 Å². The molecule has 29 heavy (non-hydrogen) atoms. The maximum atomic E-state index is 13.2. The maximum absolute atomic E-state index is 13.2. The summed E-state index contributed by atoms with van der Waals surface area (Å²) in [7, 11) is 0. The molecule has 0 spiro atoms. The molecular weight excluding hydrogens is 377 g/mol. The Hall–Kier alpha value is -3.17. The Morgan fingerprint density at radius 2 is 1.93 bits per heavy atom. The second-order valence-corrected chi connectivity index (χ2v) is 6.76. The molecule has 3 aromatic rings. The summed E-state index contributed by atoms with van der Waals surface area (Å²) in [5, 5.41) is 30.5. The van der Waals surface area contributed by atoms with Crippen LogP contribution in [0, 0.1) is 12.7 Å². The van der Waals surface area contributed by atoms with E-state index in [0.29, 0.717) is 42.7 Å². The molecule has 0 saturated heterocycles. The molecular formula is C20H22FN5O3. The minimum absolute atomic E-state index is 0.185. The largest absolute Gasteiger partial charge is 0.478 e. The second kappa shape index (κ2) is 8.89.